The van der Waals surface area contributed by atoms with Crippen molar-refractivity contribution < 1.29 is 4.74 Å². The van der Waals surface area contributed by atoms with Crippen molar-refractivity contribution in [2.24, 2.45) is 5.84 Å². The highest BCUT2D eigenvalue weighted by Crippen LogP contribution is 2.37. The van der Waals surface area contributed by atoms with Crippen molar-refractivity contribution in [3.63, 3.8) is 0 Å². The van der Waals surface area contributed by atoms with Crippen molar-refractivity contribution in [3.05, 3.63) is 0 Å². The lowest BCUT2D eigenvalue weighted by molar-refractivity contribution is 0.0260. The van der Waals surface area contributed by atoms with Crippen LogP contribution in [0.15, 0.2) is 0 Å². The molecule has 4 nitrogen and oxygen atoms in total. The lowest BCUT2D eigenvalue weighted by atomic mass is 9.86. The molecule has 0 spiro atoms. The van der Waals surface area contributed by atoms with Gasteiger partial charge in [0.15, 0.2) is 0 Å². The van der Waals surface area contributed by atoms with Gasteiger partial charge in [-0.2, -0.15) is 0 Å². The third-order valence-corrected chi connectivity index (χ3v) is 4.05. The first-order valence-electron chi connectivity index (χ1n) is 6.45. The minimum Gasteiger partial charge on any atom is -0.383 e. The Morgan fingerprint density at radius 1 is 1.31 bits per heavy atom. The summed E-state index contributed by atoms with van der Waals surface area (Å²) in [5.74, 6) is 5.71. The zero-order valence-corrected chi connectivity index (χ0v) is 11.0. The van der Waals surface area contributed by atoms with Gasteiger partial charge < -0.3 is 4.74 Å². The van der Waals surface area contributed by atoms with Crippen LogP contribution in [0.3, 0.4) is 0 Å². The molecule has 0 aromatic heterocycles. The van der Waals surface area contributed by atoms with E-state index in [0.29, 0.717) is 6.61 Å². The lowest BCUT2D eigenvalue weighted by Gasteiger charge is -2.45. The number of likely N-dealkylation sites (N-methyl/N-ethyl adjacent to an activating group) is 1. The molecule has 0 radical (unpaired) electrons. The van der Waals surface area contributed by atoms with Crippen LogP contribution in [0.1, 0.15) is 39.5 Å². The maximum atomic E-state index is 5.71. The lowest BCUT2D eigenvalue weighted by Crippen LogP contribution is -2.63. The molecule has 16 heavy (non-hydrogen) atoms. The number of hydrogen-bond acceptors (Lipinski definition) is 4. The second kappa shape index (κ2) is 6.55. The van der Waals surface area contributed by atoms with Crippen molar-refractivity contribution in [1.29, 1.82) is 0 Å². The van der Waals surface area contributed by atoms with Crippen molar-refractivity contribution in [2.75, 3.05) is 26.8 Å². The minimum atomic E-state index is 0.203. The Balaban J connectivity index is 2.84. The van der Waals surface area contributed by atoms with E-state index in [1.165, 1.54) is 25.7 Å². The maximum absolute atomic E-state index is 5.71. The summed E-state index contributed by atoms with van der Waals surface area (Å²) in [6.07, 6.45) is 5.07. The molecule has 0 aromatic rings. The van der Waals surface area contributed by atoms with Gasteiger partial charge in [0.2, 0.25) is 0 Å². The smallest absolute Gasteiger partial charge is 0.0647 e. The molecule has 1 fully saturated rings. The highest BCUT2D eigenvalue weighted by Gasteiger charge is 2.44. The summed E-state index contributed by atoms with van der Waals surface area (Å²) in [6.45, 7) is 7.30. The molecule has 1 aliphatic rings. The first-order chi connectivity index (χ1) is 7.75. The van der Waals surface area contributed by atoms with Gasteiger partial charge in [-0.25, -0.2) is 0 Å². The van der Waals surface area contributed by atoms with E-state index in [9.17, 15) is 0 Å². The molecule has 4 heteroatoms. The van der Waals surface area contributed by atoms with Crippen molar-refractivity contribution >= 4 is 0 Å². The molecule has 1 atom stereocenters. The molecule has 1 saturated carbocycles. The molecule has 0 aliphatic heterocycles. The first kappa shape index (κ1) is 13.9. The quantitative estimate of drug-likeness (QED) is 0.507. The second-order valence-corrected chi connectivity index (χ2v) is 4.66. The van der Waals surface area contributed by atoms with Crippen LogP contribution in [-0.2, 0) is 4.74 Å². The zero-order valence-electron chi connectivity index (χ0n) is 11.0. The van der Waals surface area contributed by atoms with Crippen molar-refractivity contribution in [3.8, 4) is 0 Å². The van der Waals surface area contributed by atoms with Crippen LogP contribution in [0, 0.1) is 0 Å². The number of nitrogens with one attached hydrogen (secondary N) is 1. The summed E-state index contributed by atoms with van der Waals surface area (Å²) in [5.41, 5.74) is 3.17. The molecule has 0 saturated heterocycles. The summed E-state index contributed by atoms with van der Waals surface area (Å²) in [7, 11) is 1.75. The van der Waals surface area contributed by atoms with Crippen LogP contribution in [0.25, 0.3) is 0 Å². The van der Waals surface area contributed by atoms with Gasteiger partial charge in [-0.3, -0.25) is 16.2 Å². The Kier molecular flexibility index (Phi) is 5.69. The Labute approximate surface area is 99.5 Å². The number of rotatable bonds is 7. The van der Waals surface area contributed by atoms with Gasteiger partial charge in [-0.05, 0) is 25.9 Å². The van der Waals surface area contributed by atoms with E-state index in [0.717, 1.165) is 13.1 Å². The van der Waals surface area contributed by atoms with Gasteiger partial charge in [-0.1, -0.05) is 26.7 Å². The first-order valence-corrected chi connectivity index (χ1v) is 6.45. The Hall–Kier alpha value is -0.160. The molecule has 0 aromatic carbocycles. The van der Waals surface area contributed by atoms with Gasteiger partial charge in [0, 0.05) is 12.6 Å². The van der Waals surface area contributed by atoms with Crippen LogP contribution in [-0.4, -0.2) is 43.3 Å². The van der Waals surface area contributed by atoms with Crippen LogP contribution in [0.4, 0.5) is 0 Å². The molecule has 1 unspecified atom stereocenters. The van der Waals surface area contributed by atoms with E-state index in [4.69, 9.17) is 10.6 Å². The largest absolute Gasteiger partial charge is 0.383 e. The van der Waals surface area contributed by atoms with E-state index < -0.39 is 0 Å². The number of nitrogens with zero attached hydrogens (tertiary/aromatic N) is 1. The predicted octanol–water partition coefficient (Wildman–Crippen LogP) is 1.12. The third-order valence-electron chi connectivity index (χ3n) is 4.05. The zero-order chi connectivity index (χ0) is 12.0. The van der Waals surface area contributed by atoms with Gasteiger partial charge in [0.1, 0.15) is 0 Å². The highest BCUT2D eigenvalue weighted by atomic mass is 16.5. The normalized spacial score (nSPS) is 21.6. The number of nitrogens with two attached hydrogens (primary N) is 1. The monoisotopic (exact) mass is 229 g/mol. The average molecular weight is 229 g/mol. The van der Waals surface area contributed by atoms with E-state index >= 15 is 0 Å². The summed E-state index contributed by atoms with van der Waals surface area (Å²) in [6, 6.07) is 0.236. The minimum absolute atomic E-state index is 0.203. The summed E-state index contributed by atoms with van der Waals surface area (Å²) in [4.78, 5) is 2.55. The number of methoxy groups -OCH3 is 1. The molecule has 3 N–H and O–H groups in total. The van der Waals surface area contributed by atoms with Gasteiger partial charge in [-0.15, -0.1) is 0 Å². The van der Waals surface area contributed by atoms with Crippen molar-refractivity contribution in [1.82, 2.24) is 10.3 Å². The summed E-state index contributed by atoms with van der Waals surface area (Å²) in [5, 5.41) is 0. The molecular weight excluding hydrogens is 202 g/mol. The van der Waals surface area contributed by atoms with E-state index in [2.05, 4.69) is 24.2 Å². The van der Waals surface area contributed by atoms with E-state index in [-0.39, 0.29) is 11.6 Å². The number of ether oxygens (including phenoxy) is 1. The molecule has 1 rings (SSSR count). The Morgan fingerprint density at radius 2 is 1.88 bits per heavy atom. The average Bonchev–Trinajstić information content (AvgIpc) is 2.78. The molecular formula is C12H27N3O. The SMILES string of the molecule is CCN(CC)C1(C(COC)NN)CCCC1. The van der Waals surface area contributed by atoms with Crippen LogP contribution in [0.5, 0.6) is 0 Å². The molecule has 0 amide bonds. The summed E-state index contributed by atoms with van der Waals surface area (Å²) < 4.78 is 5.30. The van der Waals surface area contributed by atoms with E-state index in [1.807, 2.05) is 0 Å². The van der Waals surface area contributed by atoms with E-state index in [1.54, 1.807) is 7.11 Å². The van der Waals surface area contributed by atoms with Crippen LogP contribution < -0.4 is 11.3 Å². The van der Waals surface area contributed by atoms with Gasteiger partial charge in [0.05, 0.1) is 12.6 Å². The van der Waals surface area contributed by atoms with Gasteiger partial charge >= 0.3 is 0 Å². The Morgan fingerprint density at radius 3 is 2.25 bits per heavy atom. The van der Waals surface area contributed by atoms with Crippen molar-refractivity contribution in [2.45, 2.75) is 51.1 Å². The molecule has 1 aliphatic carbocycles. The molecule has 0 heterocycles. The second-order valence-electron chi connectivity index (χ2n) is 4.66. The maximum Gasteiger partial charge on any atom is 0.0647 e. The standard InChI is InChI=1S/C12H27N3O/c1-4-15(5-2)12(8-6-7-9-12)11(14-13)10-16-3/h11,14H,4-10,13H2,1-3H3. The predicted molar refractivity (Wildman–Crippen MR) is 67.1 cm³/mol. The fourth-order valence-corrected chi connectivity index (χ4v) is 3.25. The summed E-state index contributed by atoms with van der Waals surface area (Å²) >= 11 is 0. The molecule has 96 valence electrons. The fraction of sp³-hybridized carbons (Fsp3) is 1.00. The fourth-order valence-electron chi connectivity index (χ4n) is 3.25. The van der Waals surface area contributed by atoms with Crippen LogP contribution in [0.2, 0.25) is 0 Å². The van der Waals surface area contributed by atoms with Gasteiger partial charge in [0.25, 0.3) is 0 Å². The van der Waals surface area contributed by atoms with Crippen LogP contribution >= 0.6 is 0 Å². The Bertz CT molecular complexity index is 189. The topological polar surface area (TPSA) is 50.5 Å². The number of hydrogen-bond donors (Lipinski definition) is 2. The highest BCUT2D eigenvalue weighted by molar-refractivity contribution is 5.02. The number of hydrazine groups is 1. The molecule has 0 bridgehead atoms. The third kappa shape index (κ3) is 2.56.